The Morgan fingerprint density at radius 2 is 2.00 bits per heavy atom. The van der Waals surface area contributed by atoms with Gasteiger partial charge in [0.1, 0.15) is 24.2 Å². The number of Topliss-reactive ketones (excluding diaryl/α,β-unsaturated/α-hetero) is 1. The quantitative estimate of drug-likeness (QED) is 0.788. The Labute approximate surface area is 123 Å². The average molecular weight is 281 g/mol. The van der Waals surface area contributed by atoms with Gasteiger partial charge in [-0.15, -0.1) is 0 Å². The van der Waals surface area contributed by atoms with E-state index in [0.29, 0.717) is 23.5 Å². The first-order valence-electron chi connectivity index (χ1n) is 6.45. The number of hydrogen-bond acceptors (Lipinski definition) is 4. The van der Waals surface area contributed by atoms with Gasteiger partial charge in [-0.1, -0.05) is 12.1 Å². The second-order valence-corrected chi connectivity index (χ2v) is 4.52. The van der Waals surface area contributed by atoms with E-state index in [-0.39, 0.29) is 5.78 Å². The van der Waals surface area contributed by atoms with Crippen molar-refractivity contribution in [3.8, 4) is 17.6 Å². The lowest BCUT2D eigenvalue weighted by Crippen LogP contribution is -2.00. The highest BCUT2D eigenvalue weighted by atomic mass is 16.5. The number of benzene rings is 2. The molecule has 4 heteroatoms. The fourth-order valence-electron chi connectivity index (χ4n) is 1.94. The minimum atomic E-state index is -0.133. The van der Waals surface area contributed by atoms with Crippen LogP contribution in [0.2, 0.25) is 0 Å². The third kappa shape index (κ3) is 3.61. The van der Waals surface area contributed by atoms with Crippen LogP contribution in [0.15, 0.2) is 42.5 Å². The van der Waals surface area contributed by atoms with Gasteiger partial charge in [-0.25, -0.2) is 0 Å². The number of nitriles is 1. The minimum absolute atomic E-state index is 0.133. The number of methoxy groups -OCH3 is 1. The van der Waals surface area contributed by atoms with E-state index in [1.807, 2.05) is 30.3 Å². The molecule has 2 aromatic carbocycles. The van der Waals surface area contributed by atoms with Crippen molar-refractivity contribution in [2.45, 2.75) is 13.5 Å². The number of carbonyl (C=O) groups is 1. The van der Waals surface area contributed by atoms with E-state index in [1.54, 1.807) is 25.3 Å². The van der Waals surface area contributed by atoms with Crippen molar-refractivity contribution in [2.24, 2.45) is 0 Å². The Balaban J connectivity index is 2.13. The van der Waals surface area contributed by atoms with Crippen LogP contribution in [0.5, 0.6) is 11.5 Å². The van der Waals surface area contributed by atoms with Crippen LogP contribution in [0.3, 0.4) is 0 Å². The Kier molecular flexibility index (Phi) is 4.57. The van der Waals surface area contributed by atoms with Gasteiger partial charge < -0.3 is 9.47 Å². The number of ketones is 1. The molecule has 0 saturated carbocycles. The first-order valence-corrected chi connectivity index (χ1v) is 6.45. The lowest BCUT2D eigenvalue weighted by Gasteiger charge is -2.09. The first-order chi connectivity index (χ1) is 10.1. The Bertz CT molecular complexity index is 701. The molecular formula is C17H15NO3. The van der Waals surface area contributed by atoms with Crippen LogP contribution in [-0.2, 0) is 6.61 Å². The zero-order chi connectivity index (χ0) is 15.2. The van der Waals surface area contributed by atoms with Gasteiger partial charge in [0.15, 0.2) is 5.78 Å². The molecule has 0 aliphatic rings. The lowest BCUT2D eigenvalue weighted by atomic mass is 10.1. The van der Waals surface area contributed by atoms with Crippen LogP contribution < -0.4 is 9.47 Å². The van der Waals surface area contributed by atoms with Gasteiger partial charge in [0.25, 0.3) is 0 Å². The van der Waals surface area contributed by atoms with Crippen molar-refractivity contribution >= 4 is 5.78 Å². The predicted molar refractivity (Wildman–Crippen MR) is 78.5 cm³/mol. The van der Waals surface area contributed by atoms with Crippen LogP contribution in [-0.4, -0.2) is 12.9 Å². The fraction of sp³-hybridized carbons (Fsp3) is 0.176. The molecule has 0 amide bonds. The maximum Gasteiger partial charge on any atom is 0.161 e. The van der Waals surface area contributed by atoms with Crippen LogP contribution in [0.25, 0.3) is 0 Å². The molecule has 4 nitrogen and oxygen atoms in total. The summed E-state index contributed by atoms with van der Waals surface area (Å²) in [6.07, 6.45) is 0. The molecule has 21 heavy (non-hydrogen) atoms. The van der Waals surface area contributed by atoms with Gasteiger partial charge in [0, 0.05) is 5.56 Å². The van der Waals surface area contributed by atoms with Crippen molar-refractivity contribution in [2.75, 3.05) is 7.11 Å². The Morgan fingerprint density at radius 3 is 2.67 bits per heavy atom. The fourth-order valence-corrected chi connectivity index (χ4v) is 1.94. The van der Waals surface area contributed by atoms with Crippen molar-refractivity contribution < 1.29 is 14.3 Å². The maximum atomic E-state index is 11.4. The van der Waals surface area contributed by atoms with Crippen LogP contribution in [0.4, 0.5) is 0 Å². The van der Waals surface area contributed by atoms with Gasteiger partial charge in [-0.05, 0) is 42.8 Å². The zero-order valence-electron chi connectivity index (χ0n) is 11.9. The predicted octanol–water partition coefficient (Wildman–Crippen LogP) is 3.35. The number of rotatable bonds is 5. The van der Waals surface area contributed by atoms with E-state index < -0.39 is 0 Å². The molecule has 2 aromatic rings. The summed E-state index contributed by atoms with van der Waals surface area (Å²) in [6.45, 7) is 1.80. The molecule has 0 radical (unpaired) electrons. The molecule has 0 atom stereocenters. The largest absolute Gasteiger partial charge is 0.497 e. The summed E-state index contributed by atoms with van der Waals surface area (Å²) < 4.78 is 10.8. The molecule has 0 spiro atoms. The first kappa shape index (κ1) is 14.6. The van der Waals surface area contributed by atoms with E-state index >= 15 is 0 Å². The molecule has 0 aliphatic heterocycles. The van der Waals surface area contributed by atoms with Gasteiger partial charge in [-0.2, -0.15) is 5.26 Å². The SMILES string of the molecule is COc1cccc(COc2ccc(C(C)=O)c(C#N)c2)c1. The van der Waals surface area contributed by atoms with Crippen molar-refractivity contribution in [1.82, 2.24) is 0 Å². The number of ether oxygens (including phenoxy) is 2. The molecule has 0 fully saturated rings. The summed E-state index contributed by atoms with van der Waals surface area (Å²) in [6, 6.07) is 14.5. The van der Waals surface area contributed by atoms with Gasteiger partial charge in [0.2, 0.25) is 0 Å². The molecule has 2 rings (SSSR count). The van der Waals surface area contributed by atoms with Gasteiger partial charge >= 0.3 is 0 Å². The maximum absolute atomic E-state index is 11.4. The highest BCUT2D eigenvalue weighted by Crippen LogP contribution is 2.20. The molecule has 0 bridgehead atoms. The zero-order valence-corrected chi connectivity index (χ0v) is 11.9. The number of carbonyl (C=O) groups excluding carboxylic acids is 1. The van der Waals surface area contributed by atoms with Crippen molar-refractivity contribution in [3.63, 3.8) is 0 Å². The van der Waals surface area contributed by atoms with Crippen molar-refractivity contribution in [3.05, 3.63) is 59.2 Å². The second kappa shape index (κ2) is 6.58. The molecular weight excluding hydrogens is 266 g/mol. The van der Waals surface area contributed by atoms with Gasteiger partial charge in [-0.3, -0.25) is 4.79 Å². The number of nitrogens with zero attached hydrogens (tertiary/aromatic N) is 1. The van der Waals surface area contributed by atoms with E-state index in [2.05, 4.69) is 0 Å². The van der Waals surface area contributed by atoms with Crippen LogP contribution in [0.1, 0.15) is 28.4 Å². The molecule has 0 heterocycles. The smallest absolute Gasteiger partial charge is 0.161 e. The molecule has 0 aromatic heterocycles. The van der Waals surface area contributed by atoms with Crippen LogP contribution in [0, 0.1) is 11.3 Å². The summed E-state index contributed by atoms with van der Waals surface area (Å²) in [5.41, 5.74) is 1.69. The van der Waals surface area contributed by atoms with Crippen LogP contribution >= 0.6 is 0 Å². The number of hydrogen-bond donors (Lipinski definition) is 0. The van der Waals surface area contributed by atoms with E-state index in [4.69, 9.17) is 14.7 Å². The standard InChI is InChI=1S/C17H15NO3/c1-12(19)17-7-6-16(9-14(17)10-18)21-11-13-4-3-5-15(8-13)20-2/h3-9H,11H2,1-2H3. The molecule has 106 valence electrons. The summed E-state index contributed by atoms with van der Waals surface area (Å²) in [4.78, 5) is 11.4. The summed E-state index contributed by atoms with van der Waals surface area (Å²) in [5, 5.41) is 9.07. The Hall–Kier alpha value is -2.80. The molecule has 0 N–H and O–H groups in total. The topological polar surface area (TPSA) is 59.3 Å². The molecule has 0 aliphatic carbocycles. The van der Waals surface area contributed by atoms with E-state index in [9.17, 15) is 4.79 Å². The van der Waals surface area contributed by atoms with E-state index in [0.717, 1.165) is 11.3 Å². The normalized spacial score (nSPS) is 9.76. The summed E-state index contributed by atoms with van der Waals surface area (Å²) in [7, 11) is 1.61. The minimum Gasteiger partial charge on any atom is -0.497 e. The third-order valence-electron chi connectivity index (χ3n) is 3.03. The Morgan fingerprint density at radius 1 is 1.19 bits per heavy atom. The highest BCUT2D eigenvalue weighted by Gasteiger charge is 2.08. The van der Waals surface area contributed by atoms with Gasteiger partial charge in [0.05, 0.1) is 12.7 Å². The third-order valence-corrected chi connectivity index (χ3v) is 3.03. The van der Waals surface area contributed by atoms with E-state index in [1.165, 1.54) is 6.92 Å². The molecule has 0 unspecified atom stereocenters. The summed E-state index contributed by atoms with van der Waals surface area (Å²) in [5.74, 6) is 1.19. The summed E-state index contributed by atoms with van der Waals surface area (Å²) >= 11 is 0. The monoisotopic (exact) mass is 281 g/mol. The van der Waals surface area contributed by atoms with Crippen molar-refractivity contribution in [1.29, 1.82) is 5.26 Å². The second-order valence-electron chi connectivity index (χ2n) is 4.52. The highest BCUT2D eigenvalue weighted by molar-refractivity contribution is 5.96. The average Bonchev–Trinajstić information content (AvgIpc) is 2.52. The molecule has 0 saturated heterocycles. The lowest BCUT2D eigenvalue weighted by molar-refractivity contribution is 0.101.